The largest absolute Gasteiger partial charge is 0.493 e. The van der Waals surface area contributed by atoms with E-state index in [1.165, 1.54) is 0 Å². The summed E-state index contributed by atoms with van der Waals surface area (Å²) < 4.78 is 30.1. The topological polar surface area (TPSA) is 96.3 Å². The second-order valence-electron chi connectivity index (χ2n) is 6.14. The molecular weight excluding hydrogens is 352 g/mol. The molecule has 0 aliphatic carbocycles. The highest BCUT2D eigenvalue weighted by Gasteiger charge is 2.25. The lowest BCUT2D eigenvalue weighted by Gasteiger charge is -2.26. The summed E-state index contributed by atoms with van der Waals surface area (Å²) in [5.74, 6) is -0.631. The molecule has 1 N–H and O–H groups in total. The fourth-order valence-corrected chi connectivity index (χ4v) is 4.19. The summed E-state index contributed by atoms with van der Waals surface area (Å²) >= 11 is 0. The Kier molecular flexibility index (Phi) is 5.24. The van der Waals surface area contributed by atoms with Gasteiger partial charge in [-0.25, -0.2) is 8.42 Å². The number of carbonyl (C=O) groups is 1. The van der Waals surface area contributed by atoms with Gasteiger partial charge in [0.15, 0.2) is 9.84 Å². The first-order valence-electron chi connectivity index (χ1n) is 8.17. The molecule has 1 heterocycles. The second kappa shape index (κ2) is 7.58. The van der Waals surface area contributed by atoms with Crippen molar-refractivity contribution in [2.75, 3.05) is 12.4 Å². The fraction of sp³-hybridized carbons (Fsp3) is 0.263. The van der Waals surface area contributed by atoms with Gasteiger partial charge in [-0.15, -0.1) is 0 Å². The number of nitrogens with zero attached hydrogens (tertiary/aromatic N) is 1. The minimum Gasteiger partial charge on any atom is -0.493 e. The van der Waals surface area contributed by atoms with Crippen LogP contribution in [0.15, 0.2) is 48.5 Å². The summed E-state index contributed by atoms with van der Waals surface area (Å²) in [5, 5.41) is 11.6. The van der Waals surface area contributed by atoms with Crippen LogP contribution in [0, 0.1) is 11.3 Å². The summed E-state index contributed by atoms with van der Waals surface area (Å²) in [6, 6.07) is 15.4. The van der Waals surface area contributed by atoms with E-state index in [9.17, 15) is 13.2 Å². The molecule has 6 nitrogen and oxygen atoms in total. The summed E-state index contributed by atoms with van der Waals surface area (Å²) in [5.41, 5.74) is 1.87. The van der Waals surface area contributed by atoms with E-state index in [4.69, 9.17) is 10.00 Å². The molecule has 0 saturated carbocycles. The maximum Gasteiger partial charge on any atom is 0.235 e. The standard InChI is InChI=1S/C19H18N2O4S/c20-11-14-5-7-15(8-6-14)12-26(23,24)13-19(22)21-17-9-10-25-18-4-2-1-3-16(17)18/h1-8,17H,9-10,12-13H2,(H,21,22)/t17-/m1/s1. The first-order chi connectivity index (χ1) is 12.5. The first-order valence-corrected chi connectivity index (χ1v) is 9.99. The summed E-state index contributed by atoms with van der Waals surface area (Å²) in [7, 11) is -3.61. The zero-order valence-electron chi connectivity index (χ0n) is 14.0. The number of rotatable bonds is 5. The van der Waals surface area contributed by atoms with Crippen molar-refractivity contribution < 1.29 is 17.9 Å². The Bertz CT molecular complexity index is 946. The van der Waals surface area contributed by atoms with Crippen LogP contribution in [0.4, 0.5) is 0 Å². The van der Waals surface area contributed by atoms with Crippen LogP contribution in [0.1, 0.15) is 29.2 Å². The molecule has 134 valence electrons. The van der Waals surface area contributed by atoms with Gasteiger partial charge in [0.05, 0.1) is 30.0 Å². The highest BCUT2D eigenvalue weighted by molar-refractivity contribution is 7.91. The third-order valence-corrected chi connectivity index (χ3v) is 5.59. The smallest absolute Gasteiger partial charge is 0.235 e. The molecule has 0 bridgehead atoms. The molecule has 1 atom stereocenters. The van der Waals surface area contributed by atoms with Gasteiger partial charge >= 0.3 is 0 Å². The Balaban J connectivity index is 1.63. The van der Waals surface area contributed by atoms with Crippen molar-refractivity contribution in [3.8, 4) is 11.8 Å². The van der Waals surface area contributed by atoms with Crippen molar-refractivity contribution in [1.82, 2.24) is 5.32 Å². The normalized spacial score (nSPS) is 16.0. The van der Waals surface area contributed by atoms with Crippen molar-refractivity contribution in [3.05, 3.63) is 65.2 Å². The lowest BCUT2D eigenvalue weighted by Crippen LogP contribution is -2.36. The van der Waals surface area contributed by atoms with E-state index >= 15 is 0 Å². The van der Waals surface area contributed by atoms with Gasteiger partial charge in [0.2, 0.25) is 5.91 Å². The molecule has 0 aromatic heterocycles. The van der Waals surface area contributed by atoms with Gasteiger partial charge in [-0.05, 0) is 23.8 Å². The lowest BCUT2D eigenvalue weighted by atomic mass is 10.0. The maximum atomic E-state index is 12.3. The van der Waals surface area contributed by atoms with Crippen LogP contribution in [0.5, 0.6) is 5.75 Å². The van der Waals surface area contributed by atoms with Crippen molar-refractivity contribution in [2.24, 2.45) is 0 Å². The van der Waals surface area contributed by atoms with Gasteiger partial charge in [-0.3, -0.25) is 4.79 Å². The van der Waals surface area contributed by atoms with Crippen molar-refractivity contribution >= 4 is 15.7 Å². The molecule has 1 aliphatic rings. The number of hydrogen-bond donors (Lipinski definition) is 1. The number of ether oxygens (including phenoxy) is 1. The second-order valence-corrected chi connectivity index (χ2v) is 8.20. The number of fused-ring (bicyclic) bond motifs is 1. The van der Waals surface area contributed by atoms with E-state index in [2.05, 4.69) is 5.32 Å². The Hall–Kier alpha value is -2.85. The molecule has 2 aromatic rings. The third-order valence-electron chi connectivity index (χ3n) is 4.11. The van der Waals surface area contributed by atoms with Crippen LogP contribution in [0.25, 0.3) is 0 Å². The molecule has 2 aromatic carbocycles. The Morgan fingerprint density at radius 3 is 2.65 bits per heavy atom. The van der Waals surface area contributed by atoms with Crippen molar-refractivity contribution in [2.45, 2.75) is 18.2 Å². The fourth-order valence-electron chi connectivity index (χ4n) is 2.91. The van der Waals surface area contributed by atoms with Gasteiger partial charge in [0, 0.05) is 12.0 Å². The van der Waals surface area contributed by atoms with Gasteiger partial charge < -0.3 is 10.1 Å². The maximum absolute atomic E-state index is 12.3. The minimum atomic E-state index is -3.61. The molecule has 0 fully saturated rings. The van der Waals surface area contributed by atoms with Crippen molar-refractivity contribution in [1.29, 1.82) is 5.26 Å². The van der Waals surface area contributed by atoms with Crippen LogP contribution < -0.4 is 10.1 Å². The van der Waals surface area contributed by atoms with Crippen molar-refractivity contribution in [3.63, 3.8) is 0 Å². The molecule has 1 amide bonds. The van der Waals surface area contributed by atoms with Crippen LogP contribution in [0.2, 0.25) is 0 Å². The van der Waals surface area contributed by atoms with Crippen LogP contribution in [-0.2, 0) is 20.4 Å². The third kappa shape index (κ3) is 4.41. The summed E-state index contributed by atoms with van der Waals surface area (Å²) in [4.78, 5) is 12.3. The molecule has 3 rings (SSSR count). The van der Waals surface area contributed by atoms with E-state index < -0.39 is 21.5 Å². The van der Waals surface area contributed by atoms with Crippen LogP contribution in [-0.4, -0.2) is 26.7 Å². The van der Waals surface area contributed by atoms with Crippen LogP contribution >= 0.6 is 0 Å². The summed E-state index contributed by atoms with van der Waals surface area (Å²) in [6.07, 6.45) is 0.596. The quantitative estimate of drug-likeness (QED) is 0.870. The van der Waals surface area contributed by atoms with Crippen LogP contribution in [0.3, 0.4) is 0 Å². The molecule has 0 spiro atoms. The number of benzene rings is 2. The van der Waals surface area contributed by atoms with E-state index in [1.807, 2.05) is 30.3 Å². The lowest BCUT2D eigenvalue weighted by molar-refractivity contribution is -0.119. The first kappa shape index (κ1) is 18.0. The number of nitrogens with one attached hydrogen (secondary N) is 1. The van der Waals surface area contributed by atoms with E-state index in [0.29, 0.717) is 29.9 Å². The SMILES string of the molecule is N#Cc1ccc(CS(=O)(=O)CC(=O)N[C@@H]2CCOc3ccccc32)cc1. The van der Waals surface area contributed by atoms with E-state index in [0.717, 1.165) is 5.56 Å². The average molecular weight is 370 g/mol. The number of sulfone groups is 1. The molecule has 0 saturated heterocycles. The monoisotopic (exact) mass is 370 g/mol. The van der Waals surface area contributed by atoms with E-state index in [1.54, 1.807) is 24.3 Å². The van der Waals surface area contributed by atoms with Gasteiger partial charge in [0.25, 0.3) is 0 Å². The van der Waals surface area contributed by atoms with Gasteiger partial charge in [0.1, 0.15) is 11.5 Å². The molecular formula is C19H18N2O4S. The molecule has 0 radical (unpaired) electrons. The van der Waals surface area contributed by atoms with Gasteiger partial charge in [-0.1, -0.05) is 30.3 Å². The molecule has 0 unspecified atom stereocenters. The number of carbonyl (C=O) groups excluding carboxylic acids is 1. The Morgan fingerprint density at radius 1 is 1.19 bits per heavy atom. The predicted octanol–water partition coefficient (Wildman–Crippen LogP) is 2.11. The van der Waals surface area contributed by atoms with E-state index in [-0.39, 0.29) is 11.8 Å². The number of hydrogen-bond acceptors (Lipinski definition) is 5. The Morgan fingerprint density at radius 2 is 1.92 bits per heavy atom. The molecule has 26 heavy (non-hydrogen) atoms. The molecule has 7 heteroatoms. The number of para-hydroxylation sites is 1. The highest BCUT2D eigenvalue weighted by Crippen LogP contribution is 2.31. The Labute approximate surface area is 152 Å². The minimum absolute atomic E-state index is 0.240. The zero-order chi connectivity index (χ0) is 18.6. The highest BCUT2D eigenvalue weighted by atomic mass is 32.2. The zero-order valence-corrected chi connectivity index (χ0v) is 14.8. The number of amides is 1. The number of nitriles is 1. The summed E-state index contributed by atoms with van der Waals surface area (Å²) in [6.45, 7) is 0.472. The molecule has 1 aliphatic heterocycles. The average Bonchev–Trinajstić information content (AvgIpc) is 2.62. The van der Waals surface area contributed by atoms with Gasteiger partial charge in [-0.2, -0.15) is 5.26 Å². The predicted molar refractivity (Wildman–Crippen MR) is 96.1 cm³/mol.